The first-order chi connectivity index (χ1) is 11.8. The third kappa shape index (κ3) is 5.63. The predicted octanol–water partition coefficient (Wildman–Crippen LogP) is 3.91. The minimum atomic E-state index is -0.624. The van der Waals surface area contributed by atoms with E-state index in [0.717, 1.165) is 0 Å². The summed E-state index contributed by atoms with van der Waals surface area (Å²) in [5.41, 5.74) is 0.671. The molecule has 0 spiro atoms. The van der Waals surface area contributed by atoms with E-state index in [1.807, 2.05) is 0 Å². The number of carbonyl (C=O) groups is 1. The van der Waals surface area contributed by atoms with Gasteiger partial charge in [-0.2, -0.15) is 0 Å². The second kappa shape index (κ2) is 8.32. The van der Waals surface area contributed by atoms with E-state index in [1.165, 1.54) is 54.6 Å². The van der Waals surface area contributed by atoms with Gasteiger partial charge in [-0.15, -0.1) is 0 Å². The molecule has 0 aliphatic rings. The fourth-order valence-corrected chi connectivity index (χ4v) is 2.20. The molecule has 6 nitrogen and oxygen atoms in total. The van der Waals surface area contributed by atoms with Crippen molar-refractivity contribution >= 4 is 52.3 Å². The van der Waals surface area contributed by atoms with E-state index in [9.17, 15) is 19.3 Å². The van der Waals surface area contributed by atoms with Crippen molar-refractivity contribution < 1.29 is 14.1 Å². The maximum absolute atomic E-state index is 12.8. The lowest BCUT2D eigenvalue weighted by Crippen LogP contribution is -2.32. The van der Waals surface area contributed by atoms with Gasteiger partial charge in [-0.25, -0.2) is 4.39 Å². The Bertz CT molecular complexity index is 856. The number of rotatable bonds is 4. The van der Waals surface area contributed by atoms with Gasteiger partial charge in [0.25, 0.3) is 5.69 Å². The molecule has 2 aromatic carbocycles. The van der Waals surface area contributed by atoms with Crippen LogP contribution in [-0.4, -0.2) is 15.9 Å². The molecule has 0 saturated carbocycles. The molecule has 2 rings (SSSR count). The van der Waals surface area contributed by atoms with Crippen LogP contribution in [0.5, 0.6) is 0 Å². The van der Waals surface area contributed by atoms with E-state index in [2.05, 4.69) is 10.6 Å². The molecule has 128 valence electrons. The van der Waals surface area contributed by atoms with Crippen LogP contribution in [0.25, 0.3) is 6.08 Å². The Morgan fingerprint density at radius 1 is 1.24 bits per heavy atom. The standard InChI is InChI=1S/C16H11ClFN3O3S/c17-13-7-6-12(9-14(13)21(23)24)19-16(25)20-15(22)8-3-10-1-4-11(18)5-2-10/h1-9H,(H2,19,20,22,25)/b8-3+. The smallest absolute Gasteiger partial charge is 0.289 e. The highest BCUT2D eigenvalue weighted by atomic mass is 35.5. The Morgan fingerprint density at radius 2 is 1.92 bits per heavy atom. The monoisotopic (exact) mass is 379 g/mol. The zero-order valence-corrected chi connectivity index (χ0v) is 14.1. The third-order valence-corrected chi connectivity index (χ3v) is 3.46. The van der Waals surface area contributed by atoms with Crippen molar-refractivity contribution in [1.29, 1.82) is 0 Å². The number of benzene rings is 2. The minimum absolute atomic E-state index is 0.00673. The summed E-state index contributed by atoms with van der Waals surface area (Å²) in [6.07, 6.45) is 2.72. The summed E-state index contributed by atoms with van der Waals surface area (Å²) in [4.78, 5) is 22.0. The number of nitrogens with zero attached hydrogens (tertiary/aromatic N) is 1. The Balaban J connectivity index is 1.95. The molecular formula is C16H11ClFN3O3S. The topological polar surface area (TPSA) is 84.3 Å². The van der Waals surface area contributed by atoms with Gasteiger partial charge in [0.2, 0.25) is 5.91 Å². The Kier molecular flexibility index (Phi) is 6.15. The first-order valence-electron chi connectivity index (χ1n) is 6.85. The molecule has 0 atom stereocenters. The highest BCUT2D eigenvalue weighted by Crippen LogP contribution is 2.27. The fraction of sp³-hybridized carbons (Fsp3) is 0. The molecule has 0 radical (unpaired) electrons. The molecule has 2 N–H and O–H groups in total. The largest absolute Gasteiger partial charge is 0.332 e. The van der Waals surface area contributed by atoms with Crippen LogP contribution in [0.15, 0.2) is 48.5 Å². The van der Waals surface area contributed by atoms with E-state index >= 15 is 0 Å². The second-order valence-corrected chi connectivity index (χ2v) is 5.57. The fourth-order valence-electron chi connectivity index (χ4n) is 1.79. The number of hydrogen-bond acceptors (Lipinski definition) is 4. The van der Waals surface area contributed by atoms with Gasteiger partial charge in [0.15, 0.2) is 5.11 Å². The summed E-state index contributed by atoms with van der Waals surface area (Å²) < 4.78 is 12.8. The molecule has 0 aliphatic carbocycles. The van der Waals surface area contributed by atoms with E-state index in [-0.39, 0.29) is 21.6 Å². The summed E-state index contributed by atoms with van der Waals surface area (Å²) >= 11 is 10.7. The van der Waals surface area contributed by atoms with Gasteiger partial charge < -0.3 is 5.32 Å². The van der Waals surface area contributed by atoms with Crippen molar-refractivity contribution in [3.8, 4) is 0 Å². The molecule has 0 bridgehead atoms. The molecule has 0 saturated heterocycles. The number of nitro benzene ring substituents is 1. The van der Waals surface area contributed by atoms with Crippen LogP contribution in [0.2, 0.25) is 5.02 Å². The van der Waals surface area contributed by atoms with Crippen LogP contribution in [0.1, 0.15) is 5.56 Å². The number of nitro groups is 1. The van der Waals surface area contributed by atoms with Gasteiger partial charge in [-0.3, -0.25) is 20.2 Å². The maximum atomic E-state index is 12.8. The van der Waals surface area contributed by atoms with E-state index in [0.29, 0.717) is 11.3 Å². The SMILES string of the molecule is O=C(/C=C/c1ccc(F)cc1)NC(=S)Nc1ccc(Cl)c([N+](=O)[O-])c1. The van der Waals surface area contributed by atoms with Crippen LogP contribution in [0, 0.1) is 15.9 Å². The summed E-state index contributed by atoms with van der Waals surface area (Å²) in [6.45, 7) is 0. The zero-order valence-electron chi connectivity index (χ0n) is 12.5. The van der Waals surface area contributed by atoms with Crippen molar-refractivity contribution in [2.75, 3.05) is 5.32 Å². The van der Waals surface area contributed by atoms with E-state index in [4.69, 9.17) is 23.8 Å². The average molecular weight is 380 g/mol. The van der Waals surface area contributed by atoms with Crippen molar-refractivity contribution in [1.82, 2.24) is 5.32 Å². The summed E-state index contributed by atoms with van der Waals surface area (Å²) in [6, 6.07) is 9.62. The van der Waals surface area contributed by atoms with Crippen LogP contribution in [0.4, 0.5) is 15.8 Å². The van der Waals surface area contributed by atoms with Crippen LogP contribution in [-0.2, 0) is 4.79 Å². The van der Waals surface area contributed by atoms with Gasteiger partial charge in [0.1, 0.15) is 10.8 Å². The number of nitrogens with one attached hydrogen (secondary N) is 2. The third-order valence-electron chi connectivity index (χ3n) is 2.93. The van der Waals surface area contributed by atoms with E-state index < -0.39 is 10.8 Å². The summed E-state index contributed by atoms with van der Waals surface area (Å²) in [5, 5.41) is 15.8. The first-order valence-corrected chi connectivity index (χ1v) is 7.63. The lowest BCUT2D eigenvalue weighted by molar-refractivity contribution is -0.384. The molecule has 0 aromatic heterocycles. The lowest BCUT2D eigenvalue weighted by Gasteiger charge is -2.08. The zero-order chi connectivity index (χ0) is 18.4. The summed E-state index contributed by atoms with van der Waals surface area (Å²) in [7, 11) is 0. The molecule has 25 heavy (non-hydrogen) atoms. The number of thiocarbonyl (C=S) groups is 1. The molecule has 2 aromatic rings. The molecule has 1 amide bonds. The normalized spacial score (nSPS) is 10.5. The Hall–Kier alpha value is -2.84. The van der Waals surface area contributed by atoms with Gasteiger partial charge >= 0.3 is 0 Å². The van der Waals surface area contributed by atoms with Gasteiger partial charge in [-0.1, -0.05) is 23.7 Å². The summed E-state index contributed by atoms with van der Waals surface area (Å²) in [5.74, 6) is -0.880. The van der Waals surface area contributed by atoms with Gasteiger partial charge in [0, 0.05) is 17.8 Å². The average Bonchev–Trinajstić information content (AvgIpc) is 2.55. The number of carbonyl (C=O) groups excluding carboxylic acids is 1. The van der Waals surface area contributed by atoms with E-state index in [1.54, 1.807) is 0 Å². The first kappa shape index (κ1) is 18.5. The molecular weight excluding hydrogens is 369 g/mol. The second-order valence-electron chi connectivity index (χ2n) is 4.75. The highest BCUT2D eigenvalue weighted by Gasteiger charge is 2.13. The van der Waals surface area contributed by atoms with Crippen molar-refractivity contribution in [2.45, 2.75) is 0 Å². The van der Waals surface area contributed by atoms with Crippen LogP contribution < -0.4 is 10.6 Å². The van der Waals surface area contributed by atoms with Gasteiger partial charge in [-0.05, 0) is 48.1 Å². The van der Waals surface area contributed by atoms with Crippen molar-refractivity contribution in [2.24, 2.45) is 0 Å². The van der Waals surface area contributed by atoms with Crippen LogP contribution >= 0.6 is 23.8 Å². The highest BCUT2D eigenvalue weighted by molar-refractivity contribution is 7.80. The molecule has 0 heterocycles. The number of amides is 1. The molecule has 9 heteroatoms. The van der Waals surface area contributed by atoms with Crippen LogP contribution in [0.3, 0.4) is 0 Å². The Labute approximate surface area is 152 Å². The van der Waals surface area contributed by atoms with Crippen molar-refractivity contribution in [3.63, 3.8) is 0 Å². The molecule has 0 fully saturated rings. The number of halogens is 2. The quantitative estimate of drug-likeness (QED) is 0.364. The number of hydrogen-bond donors (Lipinski definition) is 2. The number of anilines is 1. The predicted molar refractivity (Wildman–Crippen MR) is 97.9 cm³/mol. The Morgan fingerprint density at radius 3 is 2.56 bits per heavy atom. The molecule has 0 unspecified atom stereocenters. The minimum Gasteiger partial charge on any atom is -0.332 e. The molecule has 0 aliphatic heterocycles. The lowest BCUT2D eigenvalue weighted by atomic mass is 10.2. The van der Waals surface area contributed by atoms with Gasteiger partial charge in [0.05, 0.1) is 4.92 Å². The van der Waals surface area contributed by atoms with Crippen molar-refractivity contribution in [3.05, 3.63) is 75.1 Å². The maximum Gasteiger partial charge on any atom is 0.289 e.